The van der Waals surface area contributed by atoms with Crippen LogP contribution in [0.4, 0.5) is 0 Å². The number of hydrogen-bond donors (Lipinski definition) is 1. The molecular weight excluding hydrogens is 208 g/mol. The molecule has 94 valence electrons. The van der Waals surface area contributed by atoms with Crippen LogP contribution >= 0.6 is 0 Å². The maximum Gasteiger partial charge on any atom is 0.0581 e. The molecule has 1 fully saturated rings. The largest absolute Gasteiger partial charge is 0.309 e. The molecule has 1 aliphatic carbocycles. The summed E-state index contributed by atoms with van der Waals surface area (Å²) in [6.07, 6.45) is 5.48. The van der Waals surface area contributed by atoms with E-state index in [1.807, 2.05) is 0 Å². The molecule has 0 aromatic carbocycles. The fourth-order valence-electron chi connectivity index (χ4n) is 3.06. The molecule has 1 aromatic rings. The fraction of sp³-hybridized carbons (Fsp3) is 0.667. The average Bonchev–Trinajstić information content (AvgIpc) is 2.77. The van der Waals surface area contributed by atoms with Gasteiger partial charge in [-0.2, -0.15) is 0 Å². The predicted molar refractivity (Wildman–Crippen MR) is 72.1 cm³/mol. The summed E-state index contributed by atoms with van der Waals surface area (Å²) in [5.74, 6) is 0.781. The average molecular weight is 232 g/mol. The van der Waals surface area contributed by atoms with Crippen LogP contribution in [0.3, 0.4) is 0 Å². The van der Waals surface area contributed by atoms with Gasteiger partial charge in [-0.15, -0.1) is 0 Å². The molecule has 1 N–H and O–H groups in total. The first kappa shape index (κ1) is 12.6. The lowest BCUT2D eigenvalue weighted by atomic mass is 9.94. The Morgan fingerprint density at radius 2 is 2.00 bits per heavy atom. The van der Waals surface area contributed by atoms with Gasteiger partial charge in [0.15, 0.2) is 0 Å². The summed E-state index contributed by atoms with van der Waals surface area (Å²) in [5.41, 5.74) is 3.71. The van der Waals surface area contributed by atoms with E-state index in [1.165, 1.54) is 36.9 Å². The second kappa shape index (κ2) is 5.63. The van der Waals surface area contributed by atoms with Crippen molar-refractivity contribution in [2.45, 2.75) is 52.5 Å². The molecule has 1 heterocycles. The van der Waals surface area contributed by atoms with Crippen LogP contribution < -0.4 is 5.32 Å². The van der Waals surface area contributed by atoms with E-state index in [2.05, 4.69) is 38.2 Å². The number of aromatic nitrogens is 1. The van der Waals surface area contributed by atoms with Gasteiger partial charge in [0.1, 0.15) is 0 Å². The van der Waals surface area contributed by atoms with Gasteiger partial charge in [0.2, 0.25) is 0 Å². The van der Waals surface area contributed by atoms with Crippen molar-refractivity contribution in [3.63, 3.8) is 0 Å². The lowest BCUT2D eigenvalue weighted by Crippen LogP contribution is -2.28. The molecule has 2 heteroatoms. The maximum atomic E-state index is 4.74. The van der Waals surface area contributed by atoms with Crippen LogP contribution in [-0.4, -0.2) is 11.5 Å². The third-order valence-corrected chi connectivity index (χ3v) is 3.73. The molecule has 0 bridgehead atoms. The topological polar surface area (TPSA) is 24.9 Å². The Kier molecular flexibility index (Phi) is 4.16. The van der Waals surface area contributed by atoms with Crippen LogP contribution in [0.25, 0.3) is 0 Å². The molecule has 1 saturated carbocycles. The Morgan fingerprint density at radius 1 is 1.29 bits per heavy atom. The van der Waals surface area contributed by atoms with E-state index in [4.69, 9.17) is 4.98 Å². The van der Waals surface area contributed by atoms with Crippen molar-refractivity contribution in [2.24, 2.45) is 5.92 Å². The molecule has 1 unspecified atom stereocenters. The van der Waals surface area contributed by atoms with E-state index in [0.29, 0.717) is 6.04 Å². The quantitative estimate of drug-likeness (QED) is 0.859. The molecule has 0 radical (unpaired) electrons. The van der Waals surface area contributed by atoms with Crippen molar-refractivity contribution in [1.29, 1.82) is 0 Å². The van der Waals surface area contributed by atoms with Crippen LogP contribution in [-0.2, 0) is 0 Å². The highest BCUT2D eigenvalue weighted by molar-refractivity contribution is 5.22. The fourth-order valence-corrected chi connectivity index (χ4v) is 3.06. The first-order valence-electron chi connectivity index (χ1n) is 6.89. The number of nitrogens with one attached hydrogen (secondary N) is 1. The van der Waals surface area contributed by atoms with Crippen LogP contribution in [0.2, 0.25) is 0 Å². The standard InChI is InChI=1S/C15H24N2/c1-4-16-15(13-7-5-6-8-13)14-10-11(2)9-12(3)17-14/h9-10,13,15-16H,4-8H2,1-3H3. The Hall–Kier alpha value is -0.890. The second-order valence-electron chi connectivity index (χ2n) is 5.29. The van der Waals surface area contributed by atoms with Crippen LogP contribution in [0.1, 0.15) is 55.6 Å². The van der Waals surface area contributed by atoms with E-state index < -0.39 is 0 Å². The molecular formula is C15H24N2. The number of pyridine rings is 1. The summed E-state index contributed by atoms with van der Waals surface area (Å²) >= 11 is 0. The second-order valence-corrected chi connectivity index (χ2v) is 5.29. The zero-order chi connectivity index (χ0) is 12.3. The SMILES string of the molecule is CCNC(c1cc(C)cc(C)n1)C1CCCC1. The van der Waals surface area contributed by atoms with E-state index in [-0.39, 0.29) is 0 Å². The molecule has 0 spiro atoms. The van der Waals surface area contributed by atoms with Crippen molar-refractivity contribution in [3.8, 4) is 0 Å². The molecule has 1 atom stereocenters. The molecule has 0 aliphatic heterocycles. The van der Waals surface area contributed by atoms with Crippen molar-refractivity contribution in [3.05, 3.63) is 29.1 Å². The summed E-state index contributed by atoms with van der Waals surface area (Å²) in [4.78, 5) is 4.74. The van der Waals surface area contributed by atoms with Gasteiger partial charge in [-0.3, -0.25) is 4.98 Å². The molecule has 1 aliphatic rings. The molecule has 0 amide bonds. The van der Waals surface area contributed by atoms with Crippen molar-refractivity contribution in [1.82, 2.24) is 10.3 Å². The number of hydrogen-bond acceptors (Lipinski definition) is 2. The van der Waals surface area contributed by atoms with Gasteiger partial charge in [-0.05, 0) is 56.8 Å². The summed E-state index contributed by atoms with van der Waals surface area (Å²) in [5, 5.41) is 3.63. The molecule has 0 saturated heterocycles. The van der Waals surface area contributed by atoms with Gasteiger partial charge >= 0.3 is 0 Å². The van der Waals surface area contributed by atoms with Crippen LogP contribution in [0.15, 0.2) is 12.1 Å². The van der Waals surface area contributed by atoms with Crippen LogP contribution in [0, 0.1) is 19.8 Å². The van der Waals surface area contributed by atoms with Crippen molar-refractivity contribution < 1.29 is 0 Å². The van der Waals surface area contributed by atoms with Gasteiger partial charge in [-0.1, -0.05) is 19.8 Å². The first-order chi connectivity index (χ1) is 8.20. The lowest BCUT2D eigenvalue weighted by molar-refractivity contribution is 0.367. The highest BCUT2D eigenvalue weighted by Gasteiger charge is 2.26. The van der Waals surface area contributed by atoms with Gasteiger partial charge in [0.05, 0.1) is 11.7 Å². The monoisotopic (exact) mass is 232 g/mol. The van der Waals surface area contributed by atoms with Gasteiger partial charge in [0, 0.05) is 5.69 Å². The lowest BCUT2D eigenvalue weighted by Gasteiger charge is -2.24. The Bertz CT molecular complexity index is 347. The van der Waals surface area contributed by atoms with E-state index >= 15 is 0 Å². The normalized spacial score (nSPS) is 18.5. The van der Waals surface area contributed by atoms with E-state index in [1.54, 1.807) is 0 Å². The summed E-state index contributed by atoms with van der Waals surface area (Å²) in [6, 6.07) is 4.86. The van der Waals surface area contributed by atoms with Crippen molar-refractivity contribution >= 4 is 0 Å². The highest BCUT2D eigenvalue weighted by Crippen LogP contribution is 2.35. The first-order valence-corrected chi connectivity index (χ1v) is 6.89. The number of rotatable bonds is 4. The summed E-state index contributed by atoms with van der Waals surface area (Å²) in [7, 11) is 0. The van der Waals surface area contributed by atoms with E-state index in [9.17, 15) is 0 Å². The maximum absolute atomic E-state index is 4.74. The minimum absolute atomic E-state index is 0.459. The van der Waals surface area contributed by atoms with Gasteiger partial charge < -0.3 is 5.32 Å². The molecule has 17 heavy (non-hydrogen) atoms. The smallest absolute Gasteiger partial charge is 0.0581 e. The Balaban J connectivity index is 2.24. The Labute approximate surface area is 105 Å². The highest BCUT2D eigenvalue weighted by atomic mass is 14.9. The molecule has 2 nitrogen and oxygen atoms in total. The minimum Gasteiger partial charge on any atom is -0.309 e. The minimum atomic E-state index is 0.459. The Morgan fingerprint density at radius 3 is 2.59 bits per heavy atom. The molecule has 2 rings (SSSR count). The predicted octanol–water partition coefficient (Wildman–Crippen LogP) is 3.54. The summed E-state index contributed by atoms with van der Waals surface area (Å²) < 4.78 is 0. The number of nitrogens with zero attached hydrogens (tertiary/aromatic N) is 1. The zero-order valence-electron chi connectivity index (χ0n) is 11.3. The third kappa shape index (κ3) is 3.06. The molecule has 1 aromatic heterocycles. The van der Waals surface area contributed by atoms with Gasteiger partial charge in [0.25, 0.3) is 0 Å². The number of aryl methyl sites for hydroxylation is 2. The zero-order valence-corrected chi connectivity index (χ0v) is 11.3. The third-order valence-electron chi connectivity index (χ3n) is 3.73. The van der Waals surface area contributed by atoms with Crippen molar-refractivity contribution in [2.75, 3.05) is 6.54 Å². The van der Waals surface area contributed by atoms with Crippen LogP contribution in [0.5, 0.6) is 0 Å². The van der Waals surface area contributed by atoms with Gasteiger partial charge in [-0.25, -0.2) is 0 Å². The summed E-state index contributed by atoms with van der Waals surface area (Å²) in [6.45, 7) is 7.46. The van der Waals surface area contributed by atoms with E-state index in [0.717, 1.165) is 18.2 Å².